The summed E-state index contributed by atoms with van der Waals surface area (Å²) in [5.74, 6) is -2.00. The van der Waals surface area contributed by atoms with E-state index >= 15 is 0 Å². The SMILES string of the molecule is CCCCCCCC/C=C\CCCCCC(=O)OC(COC(=O)CCCCCCCCCCCCCCCCCCC)COP(=O)(O)OC1C(OC2OC(CO)C(O)C(O)C2O)C(O)C(O)C(O)C1OC1OC(COC(=O)CCCCCCCCCCCCCCC)C(O)C(O)C1O. The van der Waals surface area contributed by atoms with E-state index < -0.39 is 156 Å². The number of hydrogen-bond donors (Lipinski definition) is 11. The maximum atomic E-state index is 14.3. The van der Waals surface area contributed by atoms with Gasteiger partial charge < -0.3 is 89.1 Å². The first-order valence-electron chi connectivity index (χ1n) is 38.5. The van der Waals surface area contributed by atoms with Gasteiger partial charge in [0.05, 0.1) is 13.2 Å². The van der Waals surface area contributed by atoms with Crippen molar-refractivity contribution < 1.29 is 117 Å². The molecule has 0 spiro atoms. The number of carbonyl (C=O) groups excluding carboxylic acids is 3. The zero-order chi connectivity index (χ0) is 71.8. The second kappa shape index (κ2) is 55.2. The number of phosphoric acid groups is 1. The van der Waals surface area contributed by atoms with E-state index in [0.717, 1.165) is 83.5 Å². The van der Waals surface area contributed by atoms with E-state index in [9.17, 15) is 74.9 Å². The lowest BCUT2D eigenvalue weighted by Gasteiger charge is -2.49. The van der Waals surface area contributed by atoms with E-state index in [-0.39, 0.29) is 19.3 Å². The molecule has 24 nitrogen and oxygen atoms in total. The van der Waals surface area contributed by atoms with Crippen LogP contribution in [0.5, 0.6) is 0 Å². The van der Waals surface area contributed by atoms with E-state index in [0.29, 0.717) is 25.7 Å². The standard InChI is InChI=1S/C73H135O24P/c1-4-7-10-13-16-19-22-25-26-27-28-31-33-35-38-41-44-47-57(75)89-51-54(92-59(77)49-46-43-40-37-34-30-24-21-18-15-12-9-6-3)52-91-98(87,88)97-71-69(95-72-67(85)62(80)60(78)55(50-74)93-72)65(83)64(82)66(84)70(71)96-73-68(86)63(81)61(79)56(94-73)53-90-58(76)48-45-42-39-36-32-29-23-20-17-14-11-8-5-2/h30,34,54-56,60-74,78-86H,4-29,31-33,35-53H2,1-3H3,(H,87,88)/b34-30-. The second-order valence-corrected chi connectivity index (χ2v) is 29.1. The molecule has 98 heavy (non-hydrogen) atoms. The number of ether oxygens (including phenoxy) is 7. The summed E-state index contributed by atoms with van der Waals surface area (Å²) in [4.78, 5) is 51.0. The van der Waals surface area contributed by atoms with Crippen molar-refractivity contribution in [3.63, 3.8) is 0 Å². The fourth-order valence-corrected chi connectivity index (χ4v) is 13.7. The van der Waals surface area contributed by atoms with Crippen LogP contribution in [-0.2, 0) is 61.2 Å². The molecule has 2 saturated heterocycles. The zero-order valence-electron chi connectivity index (χ0n) is 60.1. The maximum Gasteiger partial charge on any atom is 0.472 e. The minimum atomic E-state index is -5.70. The lowest BCUT2D eigenvalue weighted by molar-refractivity contribution is -0.360. The summed E-state index contributed by atoms with van der Waals surface area (Å²) in [6.07, 6.45) is 14.2. The zero-order valence-corrected chi connectivity index (χ0v) is 61.0. The van der Waals surface area contributed by atoms with Gasteiger partial charge in [0, 0.05) is 19.3 Å². The van der Waals surface area contributed by atoms with Crippen molar-refractivity contribution in [2.45, 2.75) is 407 Å². The van der Waals surface area contributed by atoms with Crippen LogP contribution in [0.25, 0.3) is 0 Å². The molecule has 18 unspecified atom stereocenters. The number of allylic oxidation sites excluding steroid dienone is 2. The van der Waals surface area contributed by atoms with Gasteiger partial charge >= 0.3 is 25.7 Å². The van der Waals surface area contributed by atoms with Crippen molar-refractivity contribution in [1.29, 1.82) is 0 Å². The van der Waals surface area contributed by atoms with Gasteiger partial charge in [-0.3, -0.25) is 23.4 Å². The van der Waals surface area contributed by atoms with E-state index in [1.807, 2.05) is 0 Å². The Morgan fingerprint density at radius 1 is 0.388 bits per heavy atom. The van der Waals surface area contributed by atoms with Gasteiger partial charge in [-0.05, 0) is 44.9 Å². The van der Waals surface area contributed by atoms with Crippen molar-refractivity contribution in [3.05, 3.63) is 12.2 Å². The molecule has 576 valence electrons. The molecule has 11 N–H and O–H groups in total. The third-order valence-electron chi connectivity index (χ3n) is 19.0. The average molecular weight is 1430 g/mol. The number of aliphatic hydroxyl groups is 10. The van der Waals surface area contributed by atoms with Crippen molar-refractivity contribution in [2.24, 2.45) is 0 Å². The van der Waals surface area contributed by atoms with Crippen LogP contribution in [0.15, 0.2) is 12.2 Å². The summed E-state index contributed by atoms with van der Waals surface area (Å²) in [6, 6.07) is 0. The van der Waals surface area contributed by atoms with Crippen LogP contribution < -0.4 is 0 Å². The predicted molar refractivity (Wildman–Crippen MR) is 370 cm³/mol. The Labute approximate surface area is 586 Å². The first kappa shape index (κ1) is 89.9. The molecule has 2 aliphatic heterocycles. The summed E-state index contributed by atoms with van der Waals surface area (Å²) >= 11 is 0. The third kappa shape index (κ3) is 37.9. The number of carbonyl (C=O) groups is 3. The van der Waals surface area contributed by atoms with Crippen molar-refractivity contribution in [3.8, 4) is 0 Å². The number of aliphatic hydroxyl groups excluding tert-OH is 10. The fourth-order valence-electron chi connectivity index (χ4n) is 12.8. The monoisotopic (exact) mass is 1430 g/mol. The number of esters is 3. The highest BCUT2D eigenvalue weighted by atomic mass is 31.2. The lowest BCUT2D eigenvalue weighted by Crippen LogP contribution is -2.69. The highest BCUT2D eigenvalue weighted by Crippen LogP contribution is 2.49. The molecule has 1 saturated carbocycles. The Morgan fingerprint density at radius 2 is 0.714 bits per heavy atom. The fraction of sp³-hybridized carbons (Fsp3) is 0.932. The Bertz CT molecular complexity index is 2080. The molecular weight excluding hydrogens is 1290 g/mol. The van der Waals surface area contributed by atoms with Gasteiger partial charge in [-0.25, -0.2) is 4.57 Å². The van der Waals surface area contributed by atoms with Crippen molar-refractivity contribution in [2.75, 3.05) is 26.4 Å². The Kier molecular flexibility index (Phi) is 50.7. The summed E-state index contributed by atoms with van der Waals surface area (Å²) in [5, 5.41) is 110. The quantitative estimate of drug-likeness (QED) is 0.00886. The molecular formula is C73H135O24P. The van der Waals surface area contributed by atoms with Gasteiger partial charge in [-0.15, -0.1) is 0 Å². The molecule has 0 amide bonds. The summed E-state index contributed by atoms with van der Waals surface area (Å²) in [7, 11) is -5.70. The molecule has 0 radical (unpaired) electrons. The molecule has 0 bridgehead atoms. The third-order valence-corrected chi connectivity index (χ3v) is 20.0. The molecule has 18 atom stereocenters. The molecule has 0 aromatic heterocycles. The van der Waals surface area contributed by atoms with Gasteiger partial charge in [0.15, 0.2) is 18.7 Å². The summed E-state index contributed by atoms with van der Waals surface area (Å²) in [5.41, 5.74) is 0. The summed E-state index contributed by atoms with van der Waals surface area (Å²) < 4.78 is 65.0. The van der Waals surface area contributed by atoms with Crippen LogP contribution in [0.2, 0.25) is 0 Å². The van der Waals surface area contributed by atoms with Crippen LogP contribution in [0.4, 0.5) is 0 Å². The lowest BCUT2D eigenvalue weighted by atomic mass is 9.84. The number of rotatable bonds is 60. The summed E-state index contributed by atoms with van der Waals surface area (Å²) in [6.45, 7) is 3.44. The Balaban J connectivity index is 1.72. The Morgan fingerprint density at radius 3 is 1.11 bits per heavy atom. The number of phosphoric ester groups is 1. The van der Waals surface area contributed by atoms with Gasteiger partial charge in [0.25, 0.3) is 0 Å². The number of hydrogen-bond acceptors (Lipinski definition) is 23. The van der Waals surface area contributed by atoms with Gasteiger partial charge in [-0.2, -0.15) is 0 Å². The first-order chi connectivity index (χ1) is 47.3. The van der Waals surface area contributed by atoms with Gasteiger partial charge in [0.2, 0.25) is 0 Å². The van der Waals surface area contributed by atoms with E-state index in [1.54, 1.807) is 0 Å². The first-order valence-corrected chi connectivity index (χ1v) is 40.0. The van der Waals surface area contributed by atoms with Crippen LogP contribution >= 0.6 is 7.82 Å². The molecule has 1 aliphatic carbocycles. The van der Waals surface area contributed by atoms with E-state index in [4.69, 9.17) is 42.2 Å². The molecule has 3 fully saturated rings. The minimum Gasteiger partial charge on any atom is -0.463 e. The van der Waals surface area contributed by atoms with E-state index in [1.165, 1.54) is 154 Å². The Hall–Kier alpha value is -2.30. The highest BCUT2D eigenvalue weighted by Gasteiger charge is 2.58. The highest BCUT2D eigenvalue weighted by molar-refractivity contribution is 7.47. The largest absolute Gasteiger partial charge is 0.472 e. The van der Waals surface area contributed by atoms with Crippen molar-refractivity contribution >= 4 is 25.7 Å². The molecule has 3 rings (SSSR count). The van der Waals surface area contributed by atoms with Crippen LogP contribution in [0, 0.1) is 0 Å². The smallest absolute Gasteiger partial charge is 0.463 e. The van der Waals surface area contributed by atoms with Gasteiger partial charge in [-0.1, -0.05) is 251 Å². The van der Waals surface area contributed by atoms with Crippen LogP contribution in [0.3, 0.4) is 0 Å². The molecule has 0 aromatic carbocycles. The van der Waals surface area contributed by atoms with Gasteiger partial charge in [0.1, 0.15) is 98.7 Å². The molecule has 3 aliphatic rings. The van der Waals surface area contributed by atoms with Crippen LogP contribution in [-0.4, -0.2) is 204 Å². The normalized spacial score (nSPS) is 27.7. The predicted octanol–water partition coefficient (Wildman–Crippen LogP) is 10.7. The average Bonchev–Trinajstić information content (AvgIpc) is 0.762. The minimum absolute atomic E-state index is 0.0317. The van der Waals surface area contributed by atoms with Crippen LogP contribution in [0.1, 0.15) is 303 Å². The topological polar surface area (TPSA) is 374 Å². The molecule has 25 heteroatoms. The second-order valence-electron chi connectivity index (χ2n) is 27.7. The molecule has 2 heterocycles. The maximum absolute atomic E-state index is 14.3. The molecule has 0 aromatic rings. The van der Waals surface area contributed by atoms with E-state index in [2.05, 4.69) is 32.9 Å². The van der Waals surface area contributed by atoms with Crippen molar-refractivity contribution in [1.82, 2.24) is 0 Å². The number of unbranched alkanes of at least 4 members (excludes halogenated alkanes) is 37.